The molecule has 0 aromatic heterocycles. The molecule has 0 saturated heterocycles. The molecule has 0 aliphatic carbocycles. The predicted octanol–water partition coefficient (Wildman–Crippen LogP) is 3.68. The summed E-state index contributed by atoms with van der Waals surface area (Å²) < 4.78 is 0. The summed E-state index contributed by atoms with van der Waals surface area (Å²) in [5.41, 5.74) is 1.39. The van der Waals surface area contributed by atoms with Crippen LogP contribution in [0.1, 0.15) is 15.9 Å². The SMILES string of the molecule is O=C(NCc1cccc2ccccc12)c1ccc([N+](=O)[O-])cc1. The van der Waals surface area contributed by atoms with Crippen molar-refractivity contribution in [2.75, 3.05) is 0 Å². The Morgan fingerprint density at radius 1 is 0.957 bits per heavy atom. The van der Waals surface area contributed by atoms with Crippen LogP contribution in [0.5, 0.6) is 0 Å². The number of nitro groups is 1. The normalized spacial score (nSPS) is 10.4. The lowest BCUT2D eigenvalue weighted by Gasteiger charge is -2.08. The van der Waals surface area contributed by atoms with Crippen LogP contribution in [-0.2, 0) is 6.54 Å². The van der Waals surface area contributed by atoms with Crippen molar-refractivity contribution in [3.63, 3.8) is 0 Å². The summed E-state index contributed by atoms with van der Waals surface area (Å²) in [6.45, 7) is 0.400. The number of hydrogen-bond donors (Lipinski definition) is 1. The zero-order valence-electron chi connectivity index (χ0n) is 12.2. The summed E-state index contributed by atoms with van der Waals surface area (Å²) in [6, 6.07) is 19.5. The first-order chi connectivity index (χ1) is 11.1. The molecule has 0 unspecified atom stereocenters. The Balaban J connectivity index is 1.74. The van der Waals surface area contributed by atoms with Crippen LogP contribution < -0.4 is 5.32 Å². The number of nitrogens with one attached hydrogen (secondary N) is 1. The van der Waals surface area contributed by atoms with E-state index in [1.807, 2.05) is 42.5 Å². The highest BCUT2D eigenvalue weighted by Gasteiger charge is 2.09. The second kappa shape index (κ2) is 6.27. The molecule has 0 heterocycles. The van der Waals surface area contributed by atoms with Gasteiger partial charge in [-0.3, -0.25) is 14.9 Å². The molecule has 3 aromatic rings. The van der Waals surface area contributed by atoms with Gasteiger partial charge in [0.2, 0.25) is 0 Å². The van der Waals surface area contributed by atoms with E-state index >= 15 is 0 Å². The van der Waals surface area contributed by atoms with E-state index in [4.69, 9.17) is 0 Å². The van der Waals surface area contributed by atoms with Crippen molar-refractivity contribution in [2.24, 2.45) is 0 Å². The van der Waals surface area contributed by atoms with Gasteiger partial charge in [0.05, 0.1) is 4.92 Å². The van der Waals surface area contributed by atoms with Crippen LogP contribution in [0.25, 0.3) is 10.8 Å². The first-order valence-electron chi connectivity index (χ1n) is 7.14. The summed E-state index contributed by atoms with van der Waals surface area (Å²) in [5, 5.41) is 15.7. The van der Waals surface area contributed by atoms with Gasteiger partial charge in [-0.15, -0.1) is 0 Å². The molecular weight excluding hydrogens is 292 g/mol. The lowest BCUT2D eigenvalue weighted by Crippen LogP contribution is -2.22. The van der Waals surface area contributed by atoms with Gasteiger partial charge in [-0.1, -0.05) is 42.5 Å². The van der Waals surface area contributed by atoms with Gasteiger partial charge in [0.15, 0.2) is 0 Å². The molecule has 5 heteroatoms. The van der Waals surface area contributed by atoms with Crippen molar-refractivity contribution in [1.29, 1.82) is 0 Å². The summed E-state index contributed by atoms with van der Waals surface area (Å²) in [5.74, 6) is -0.257. The predicted molar refractivity (Wildman–Crippen MR) is 88.2 cm³/mol. The van der Waals surface area contributed by atoms with Gasteiger partial charge in [-0.2, -0.15) is 0 Å². The van der Waals surface area contributed by atoms with Gasteiger partial charge >= 0.3 is 0 Å². The van der Waals surface area contributed by atoms with Crippen molar-refractivity contribution < 1.29 is 9.72 Å². The number of carbonyl (C=O) groups is 1. The monoisotopic (exact) mass is 306 g/mol. The molecule has 0 fully saturated rings. The Bertz CT molecular complexity index is 868. The molecule has 3 aromatic carbocycles. The number of non-ortho nitro benzene ring substituents is 1. The lowest BCUT2D eigenvalue weighted by atomic mass is 10.0. The van der Waals surface area contributed by atoms with E-state index in [0.29, 0.717) is 12.1 Å². The number of hydrogen-bond acceptors (Lipinski definition) is 3. The molecule has 0 spiro atoms. The minimum Gasteiger partial charge on any atom is -0.348 e. The molecule has 23 heavy (non-hydrogen) atoms. The van der Waals surface area contributed by atoms with E-state index < -0.39 is 4.92 Å². The summed E-state index contributed by atoms with van der Waals surface area (Å²) in [6.07, 6.45) is 0. The summed E-state index contributed by atoms with van der Waals surface area (Å²) in [4.78, 5) is 22.3. The number of fused-ring (bicyclic) bond motifs is 1. The smallest absolute Gasteiger partial charge is 0.269 e. The number of nitrogens with zero attached hydrogens (tertiary/aromatic N) is 1. The fraction of sp³-hybridized carbons (Fsp3) is 0.0556. The molecular formula is C18H14N2O3. The molecule has 1 amide bonds. The molecule has 0 saturated carbocycles. The average molecular weight is 306 g/mol. The third-order valence-corrected chi connectivity index (χ3v) is 3.66. The largest absolute Gasteiger partial charge is 0.348 e. The van der Waals surface area contributed by atoms with E-state index in [0.717, 1.165) is 16.3 Å². The van der Waals surface area contributed by atoms with Crippen LogP contribution in [0.2, 0.25) is 0 Å². The summed E-state index contributed by atoms with van der Waals surface area (Å²) >= 11 is 0. The highest BCUT2D eigenvalue weighted by Crippen LogP contribution is 2.18. The molecule has 0 aliphatic heterocycles. The van der Waals surface area contributed by atoms with Crippen LogP contribution in [0.3, 0.4) is 0 Å². The molecule has 3 rings (SSSR count). The number of carbonyl (C=O) groups excluding carboxylic acids is 1. The Morgan fingerprint density at radius 2 is 1.65 bits per heavy atom. The van der Waals surface area contributed by atoms with E-state index in [-0.39, 0.29) is 11.6 Å². The van der Waals surface area contributed by atoms with Crippen LogP contribution >= 0.6 is 0 Å². The minimum atomic E-state index is -0.488. The van der Waals surface area contributed by atoms with Crippen molar-refractivity contribution in [2.45, 2.75) is 6.54 Å². The molecule has 0 radical (unpaired) electrons. The van der Waals surface area contributed by atoms with Gasteiger partial charge in [0, 0.05) is 24.2 Å². The van der Waals surface area contributed by atoms with Crippen LogP contribution in [0.15, 0.2) is 66.7 Å². The third-order valence-electron chi connectivity index (χ3n) is 3.66. The lowest BCUT2D eigenvalue weighted by molar-refractivity contribution is -0.384. The fourth-order valence-electron chi connectivity index (χ4n) is 2.46. The van der Waals surface area contributed by atoms with E-state index in [9.17, 15) is 14.9 Å². The van der Waals surface area contributed by atoms with Crippen LogP contribution in [0.4, 0.5) is 5.69 Å². The van der Waals surface area contributed by atoms with Gasteiger partial charge in [0.1, 0.15) is 0 Å². The van der Waals surface area contributed by atoms with Crippen molar-refractivity contribution in [3.8, 4) is 0 Å². The number of amides is 1. The quantitative estimate of drug-likeness (QED) is 0.590. The Kier molecular flexibility index (Phi) is 4.01. The molecule has 5 nitrogen and oxygen atoms in total. The molecule has 0 bridgehead atoms. The molecule has 0 atom stereocenters. The number of benzene rings is 3. The van der Waals surface area contributed by atoms with E-state index in [1.54, 1.807) is 0 Å². The zero-order chi connectivity index (χ0) is 16.2. The second-order valence-electron chi connectivity index (χ2n) is 5.12. The third kappa shape index (κ3) is 3.18. The van der Waals surface area contributed by atoms with Crippen molar-refractivity contribution in [1.82, 2.24) is 5.32 Å². The maximum absolute atomic E-state index is 12.2. The van der Waals surface area contributed by atoms with E-state index in [2.05, 4.69) is 5.32 Å². The van der Waals surface area contributed by atoms with Crippen LogP contribution in [0, 0.1) is 10.1 Å². The van der Waals surface area contributed by atoms with E-state index in [1.165, 1.54) is 24.3 Å². The maximum atomic E-state index is 12.2. The number of nitro benzene ring substituents is 1. The minimum absolute atomic E-state index is 0.0318. The molecule has 0 aliphatic rings. The first kappa shape index (κ1) is 14.7. The van der Waals surface area contributed by atoms with Gasteiger partial charge in [-0.05, 0) is 28.5 Å². The Hall–Kier alpha value is -3.21. The average Bonchev–Trinajstić information content (AvgIpc) is 2.59. The molecule has 114 valence electrons. The standard InChI is InChI=1S/C18H14N2O3/c21-18(14-8-10-16(11-9-14)20(22)23)19-12-15-6-3-5-13-4-1-2-7-17(13)15/h1-11H,12H2,(H,19,21). The fourth-order valence-corrected chi connectivity index (χ4v) is 2.46. The Labute approximate surface area is 132 Å². The molecule has 1 N–H and O–H groups in total. The van der Waals surface area contributed by atoms with Crippen molar-refractivity contribution in [3.05, 3.63) is 88.0 Å². The Morgan fingerprint density at radius 3 is 2.39 bits per heavy atom. The zero-order valence-corrected chi connectivity index (χ0v) is 12.2. The van der Waals surface area contributed by atoms with Gasteiger partial charge < -0.3 is 5.32 Å². The maximum Gasteiger partial charge on any atom is 0.269 e. The second-order valence-corrected chi connectivity index (χ2v) is 5.12. The van der Waals surface area contributed by atoms with Crippen molar-refractivity contribution >= 4 is 22.4 Å². The van der Waals surface area contributed by atoms with Gasteiger partial charge in [0.25, 0.3) is 11.6 Å². The summed E-state index contributed by atoms with van der Waals surface area (Å²) in [7, 11) is 0. The first-order valence-corrected chi connectivity index (χ1v) is 7.14. The topological polar surface area (TPSA) is 72.2 Å². The number of rotatable bonds is 4. The van der Waals surface area contributed by atoms with Gasteiger partial charge in [-0.25, -0.2) is 0 Å². The highest BCUT2D eigenvalue weighted by molar-refractivity contribution is 5.94. The van der Waals surface area contributed by atoms with Crippen LogP contribution in [-0.4, -0.2) is 10.8 Å². The highest BCUT2D eigenvalue weighted by atomic mass is 16.6.